The summed E-state index contributed by atoms with van der Waals surface area (Å²) >= 11 is 0. The van der Waals surface area contributed by atoms with Crippen LogP contribution in [0.3, 0.4) is 0 Å². The van der Waals surface area contributed by atoms with Crippen LogP contribution in [0.25, 0.3) is 0 Å². The largest absolute Gasteiger partial charge is 0.494 e. The lowest BCUT2D eigenvalue weighted by atomic mass is 9.97. The Morgan fingerprint density at radius 2 is 1.71 bits per heavy atom. The summed E-state index contributed by atoms with van der Waals surface area (Å²) in [6.07, 6.45) is 1.11. The molecule has 2 heteroatoms. The quantitative estimate of drug-likeness (QED) is 0.808. The van der Waals surface area contributed by atoms with E-state index in [0.29, 0.717) is 6.61 Å². The van der Waals surface area contributed by atoms with Crippen LogP contribution in [-0.2, 0) is 0 Å². The monoisotopic (exact) mass is 283 g/mol. The van der Waals surface area contributed by atoms with Crippen molar-refractivity contribution in [2.45, 2.75) is 33.2 Å². The summed E-state index contributed by atoms with van der Waals surface area (Å²) in [6.45, 7) is 8.00. The minimum Gasteiger partial charge on any atom is -0.494 e. The molecule has 2 aromatic rings. The van der Waals surface area contributed by atoms with Crippen LogP contribution in [0.4, 0.5) is 0 Å². The first kappa shape index (κ1) is 15.6. The average molecular weight is 283 g/mol. The van der Waals surface area contributed by atoms with Gasteiger partial charge in [0, 0.05) is 5.56 Å². The van der Waals surface area contributed by atoms with Gasteiger partial charge in [0.1, 0.15) is 5.75 Å². The Hall–Kier alpha value is -1.80. The lowest BCUT2D eigenvalue weighted by molar-refractivity contribution is 0.333. The number of hydrogen-bond acceptors (Lipinski definition) is 2. The molecule has 0 heterocycles. The Bertz CT molecular complexity index is 548. The number of rotatable bonds is 7. The van der Waals surface area contributed by atoms with Crippen molar-refractivity contribution >= 4 is 0 Å². The highest BCUT2D eigenvalue weighted by atomic mass is 16.5. The first-order valence-electron chi connectivity index (χ1n) is 7.78. The van der Waals surface area contributed by atoms with Crippen molar-refractivity contribution in [1.82, 2.24) is 5.32 Å². The molecule has 0 aliphatic rings. The molecule has 0 saturated heterocycles. The van der Waals surface area contributed by atoms with Gasteiger partial charge in [-0.25, -0.2) is 0 Å². The molecule has 0 bridgehead atoms. The molecule has 0 aliphatic heterocycles. The fourth-order valence-corrected chi connectivity index (χ4v) is 2.46. The predicted octanol–water partition coefficient (Wildman–Crippen LogP) is 4.48. The predicted molar refractivity (Wildman–Crippen MR) is 88.9 cm³/mol. The molecule has 2 aromatic carbocycles. The Morgan fingerprint density at radius 3 is 2.38 bits per heavy atom. The highest BCUT2D eigenvalue weighted by molar-refractivity contribution is 5.42. The van der Waals surface area contributed by atoms with Crippen molar-refractivity contribution < 1.29 is 4.74 Å². The summed E-state index contributed by atoms with van der Waals surface area (Å²) in [5.74, 6) is 0.967. The fourth-order valence-electron chi connectivity index (χ4n) is 2.46. The molecule has 2 rings (SSSR count). The summed E-state index contributed by atoms with van der Waals surface area (Å²) in [5.41, 5.74) is 3.77. The molecule has 1 N–H and O–H groups in total. The first-order chi connectivity index (χ1) is 10.3. The van der Waals surface area contributed by atoms with Crippen LogP contribution in [-0.4, -0.2) is 13.2 Å². The maximum absolute atomic E-state index is 5.80. The summed E-state index contributed by atoms with van der Waals surface area (Å²) in [5, 5.41) is 3.64. The molecular formula is C19H25NO. The van der Waals surface area contributed by atoms with Gasteiger partial charge in [-0.05, 0) is 38.4 Å². The van der Waals surface area contributed by atoms with E-state index in [1.807, 2.05) is 19.1 Å². The maximum atomic E-state index is 5.80. The lowest BCUT2D eigenvalue weighted by Gasteiger charge is -2.22. The molecule has 0 fully saturated rings. The van der Waals surface area contributed by atoms with Gasteiger partial charge in [0.05, 0.1) is 12.6 Å². The van der Waals surface area contributed by atoms with E-state index in [2.05, 4.69) is 55.6 Å². The van der Waals surface area contributed by atoms with Crippen LogP contribution < -0.4 is 10.1 Å². The van der Waals surface area contributed by atoms with E-state index < -0.39 is 0 Å². The molecule has 0 aliphatic carbocycles. The van der Waals surface area contributed by atoms with Gasteiger partial charge in [-0.3, -0.25) is 0 Å². The lowest BCUT2D eigenvalue weighted by Crippen LogP contribution is -2.23. The van der Waals surface area contributed by atoms with Crippen molar-refractivity contribution in [3.8, 4) is 5.75 Å². The van der Waals surface area contributed by atoms with Crippen LogP contribution in [0.2, 0.25) is 0 Å². The molecule has 112 valence electrons. The number of para-hydroxylation sites is 1. The van der Waals surface area contributed by atoms with E-state index in [1.165, 1.54) is 16.7 Å². The molecular weight excluding hydrogens is 258 g/mol. The van der Waals surface area contributed by atoms with Crippen LogP contribution in [0, 0.1) is 6.92 Å². The normalized spacial score (nSPS) is 12.1. The van der Waals surface area contributed by atoms with E-state index >= 15 is 0 Å². The van der Waals surface area contributed by atoms with Gasteiger partial charge in [0.25, 0.3) is 0 Å². The average Bonchev–Trinajstić information content (AvgIpc) is 2.51. The van der Waals surface area contributed by atoms with Crippen molar-refractivity contribution in [2.75, 3.05) is 13.2 Å². The standard InChI is InChI=1S/C19H25NO/c1-4-14-20-19(16-12-10-15(3)11-13-16)17-8-6-7-9-18(17)21-5-2/h6-13,19-20H,4-5,14H2,1-3H3. The Morgan fingerprint density at radius 1 is 1.00 bits per heavy atom. The molecule has 1 unspecified atom stereocenters. The van der Waals surface area contributed by atoms with E-state index in [1.54, 1.807) is 0 Å². The molecule has 2 nitrogen and oxygen atoms in total. The van der Waals surface area contributed by atoms with Crippen molar-refractivity contribution in [2.24, 2.45) is 0 Å². The second-order valence-electron chi connectivity index (χ2n) is 5.27. The molecule has 21 heavy (non-hydrogen) atoms. The maximum Gasteiger partial charge on any atom is 0.124 e. The van der Waals surface area contributed by atoms with Crippen molar-refractivity contribution in [1.29, 1.82) is 0 Å². The minimum atomic E-state index is 0.174. The highest BCUT2D eigenvalue weighted by Gasteiger charge is 2.17. The summed E-state index contributed by atoms with van der Waals surface area (Å²) in [4.78, 5) is 0. The smallest absolute Gasteiger partial charge is 0.124 e. The molecule has 0 amide bonds. The zero-order valence-electron chi connectivity index (χ0n) is 13.2. The SMILES string of the molecule is CCCNC(c1ccc(C)cc1)c1ccccc1OCC. The second kappa shape index (κ2) is 7.84. The fraction of sp³-hybridized carbons (Fsp3) is 0.368. The molecule has 0 saturated carbocycles. The molecule has 0 aromatic heterocycles. The van der Waals surface area contributed by atoms with Gasteiger partial charge in [0.15, 0.2) is 0 Å². The number of hydrogen-bond donors (Lipinski definition) is 1. The second-order valence-corrected chi connectivity index (χ2v) is 5.27. The topological polar surface area (TPSA) is 21.3 Å². The van der Waals surface area contributed by atoms with E-state index in [0.717, 1.165) is 18.7 Å². The number of ether oxygens (including phenoxy) is 1. The zero-order chi connectivity index (χ0) is 15.1. The van der Waals surface area contributed by atoms with Gasteiger partial charge in [-0.15, -0.1) is 0 Å². The van der Waals surface area contributed by atoms with E-state index in [4.69, 9.17) is 4.74 Å². The highest BCUT2D eigenvalue weighted by Crippen LogP contribution is 2.30. The van der Waals surface area contributed by atoms with Gasteiger partial charge in [-0.1, -0.05) is 55.0 Å². The van der Waals surface area contributed by atoms with Gasteiger partial charge >= 0.3 is 0 Å². The molecule has 1 atom stereocenters. The number of benzene rings is 2. The third kappa shape index (κ3) is 4.08. The van der Waals surface area contributed by atoms with Gasteiger partial charge in [-0.2, -0.15) is 0 Å². The first-order valence-corrected chi connectivity index (χ1v) is 7.78. The summed E-state index contributed by atoms with van der Waals surface area (Å²) in [6, 6.07) is 17.2. The Labute approximate surface area is 128 Å². The zero-order valence-corrected chi connectivity index (χ0v) is 13.2. The van der Waals surface area contributed by atoms with Gasteiger partial charge < -0.3 is 10.1 Å². The summed E-state index contributed by atoms with van der Waals surface area (Å²) < 4.78 is 5.80. The number of nitrogens with one attached hydrogen (secondary N) is 1. The molecule has 0 radical (unpaired) electrons. The third-order valence-electron chi connectivity index (χ3n) is 3.54. The van der Waals surface area contributed by atoms with Crippen LogP contribution in [0.1, 0.15) is 43.0 Å². The Kier molecular flexibility index (Phi) is 5.82. The third-order valence-corrected chi connectivity index (χ3v) is 3.54. The van der Waals surface area contributed by atoms with Crippen LogP contribution in [0.5, 0.6) is 5.75 Å². The summed E-state index contributed by atoms with van der Waals surface area (Å²) in [7, 11) is 0. The minimum absolute atomic E-state index is 0.174. The van der Waals surface area contributed by atoms with Crippen LogP contribution >= 0.6 is 0 Å². The number of aryl methyl sites for hydroxylation is 1. The van der Waals surface area contributed by atoms with Gasteiger partial charge in [0.2, 0.25) is 0 Å². The van der Waals surface area contributed by atoms with Crippen LogP contribution in [0.15, 0.2) is 48.5 Å². The van der Waals surface area contributed by atoms with Crippen molar-refractivity contribution in [3.63, 3.8) is 0 Å². The molecule has 0 spiro atoms. The van der Waals surface area contributed by atoms with E-state index in [-0.39, 0.29) is 6.04 Å². The van der Waals surface area contributed by atoms with Crippen molar-refractivity contribution in [3.05, 3.63) is 65.2 Å². The van der Waals surface area contributed by atoms with E-state index in [9.17, 15) is 0 Å². The Balaban J connectivity index is 2.37.